The van der Waals surface area contributed by atoms with Crippen molar-refractivity contribution >= 4 is 56.0 Å². The zero-order valence-corrected chi connectivity index (χ0v) is 29.5. The van der Waals surface area contributed by atoms with Crippen LogP contribution in [0.5, 0.6) is 5.75 Å². The fraction of sp³-hybridized carbons (Fsp3) is 0.389. The van der Waals surface area contributed by atoms with Crippen molar-refractivity contribution in [2.75, 3.05) is 40.5 Å². The van der Waals surface area contributed by atoms with Gasteiger partial charge in [-0.2, -0.15) is 5.10 Å². The molecule has 0 aliphatic carbocycles. The maximum absolute atomic E-state index is 13.7. The number of esters is 1. The molecule has 246 valence electrons. The molecule has 0 radical (unpaired) electrons. The van der Waals surface area contributed by atoms with E-state index in [4.69, 9.17) is 19.3 Å². The summed E-state index contributed by atoms with van der Waals surface area (Å²) in [6.45, 7) is 7.55. The van der Waals surface area contributed by atoms with E-state index in [1.807, 2.05) is 42.9 Å². The largest absolute Gasteiger partial charge is 0.493 e. The molecule has 5 rings (SSSR count). The van der Waals surface area contributed by atoms with Crippen LogP contribution in [-0.4, -0.2) is 60.8 Å². The van der Waals surface area contributed by atoms with Crippen LogP contribution in [0.15, 0.2) is 60.7 Å². The van der Waals surface area contributed by atoms with Gasteiger partial charge < -0.3 is 24.1 Å². The zero-order chi connectivity index (χ0) is 31.8. The minimum absolute atomic E-state index is 0. The maximum Gasteiger partial charge on any atom is 0.355 e. The van der Waals surface area contributed by atoms with Crippen molar-refractivity contribution < 1.29 is 19.0 Å². The first kappa shape index (κ1) is 35.5. The Labute approximate surface area is 285 Å². The number of nitrogens with one attached hydrogen (secondary N) is 1. The van der Waals surface area contributed by atoms with Crippen LogP contribution in [0, 0.1) is 6.92 Å². The lowest BCUT2D eigenvalue weighted by Gasteiger charge is -2.14. The normalized spacial score (nSPS) is 11.2. The van der Waals surface area contributed by atoms with Gasteiger partial charge in [0.2, 0.25) is 0 Å². The van der Waals surface area contributed by atoms with Crippen LogP contribution < -0.4 is 10.1 Å². The predicted octanol–water partition coefficient (Wildman–Crippen LogP) is 7.73. The third-order valence-corrected chi connectivity index (χ3v) is 8.76. The minimum atomic E-state index is -0.290. The molecule has 0 atom stereocenters. The summed E-state index contributed by atoms with van der Waals surface area (Å²) in [5.74, 6) is 0.584. The molecule has 2 aromatic heterocycles. The number of fused-ring (bicyclic) bond motifs is 2. The first-order chi connectivity index (χ1) is 22.0. The van der Waals surface area contributed by atoms with E-state index in [0.717, 1.165) is 74.9 Å². The number of alkyl halides is 1. The molecule has 0 unspecified atom stereocenters. The molecule has 3 aromatic carbocycles. The molecule has 0 fully saturated rings. The second kappa shape index (κ2) is 17.0. The number of rotatable bonds is 16. The summed E-state index contributed by atoms with van der Waals surface area (Å²) in [4.78, 5) is 13.7. The van der Waals surface area contributed by atoms with Crippen LogP contribution in [0.4, 0.5) is 0 Å². The maximum atomic E-state index is 13.7. The Morgan fingerprint density at radius 1 is 0.978 bits per heavy atom. The molecule has 46 heavy (non-hydrogen) atoms. The molecule has 0 aliphatic heterocycles. The summed E-state index contributed by atoms with van der Waals surface area (Å²) >= 11 is 3.68. The molecule has 10 heteroatoms. The summed E-state index contributed by atoms with van der Waals surface area (Å²) < 4.78 is 21.5. The summed E-state index contributed by atoms with van der Waals surface area (Å²) in [6.07, 6.45) is 2.29. The number of benzene rings is 3. The number of nitrogens with zero attached hydrogens (tertiary/aromatic N) is 3. The topological polar surface area (TPSA) is 79.5 Å². The average molecular weight is 712 g/mol. The van der Waals surface area contributed by atoms with E-state index >= 15 is 0 Å². The van der Waals surface area contributed by atoms with E-state index in [0.29, 0.717) is 50.4 Å². The number of carbonyl (C=O) groups is 1. The molecule has 8 nitrogen and oxygen atoms in total. The monoisotopic (exact) mass is 710 g/mol. The van der Waals surface area contributed by atoms with E-state index in [1.165, 1.54) is 0 Å². The van der Waals surface area contributed by atoms with E-state index < -0.39 is 0 Å². The van der Waals surface area contributed by atoms with E-state index in [1.54, 1.807) is 7.11 Å². The van der Waals surface area contributed by atoms with Crippen LogP contribution >= 0.6 is 28.3 Å². The summed E-state index contributed by atoms with van der Waals surface area (Å²) in [5.41, 5.74) is 6.85. The first-order valence-electron chi connectivity index (χ1n) is 15.7. The Kier molecular flexibility index (Phi) is 13.1. The molecule has 0 amide bonds. The van der Waals surface area contributed by atoms with Crippen LogP contribution in [0.25, 0.3) is 32.8 Å². The Morgan fingerprint density at radius 3 is 2.50 bits per heavy atom. The predicted molar refractivity (Wildman–Crippen MR) is 192 cm³/mol. The lowest BCUT2D eigenvalue weighted by molar-refractivity contribution is 0.0512. The molecule has 0 aliphatic rings. The quantitative estimate of drug-likeness (QED) is 0.0642. The van der Waals surface area contributed by atoms with Crippen molar-refractivity contribution in [3.8, 4) is 16.9 Å². The van der Waals surface area contributed by atoms with Gasteiger partial charge in [-0.1, -0.05) is 70.5 Å². The lowest BCUT2D eigenvalue weighted by Crippen LogP contribution is -2.17. The van der Waals surface area contributed by atoms with Gasteiger partial charge in [0, 0.05) is 46.6 Å². The van der Waals surface area contributed by atoms with Crippen LogP contribution in [-0.2, 0) is 34.3 Å². The Hall–Kier alpha value is -3.37. The second-order valence-corrected chi connectivity index (χ2v) is 11.6. The third kappa shape index (κ3) is 7.44. The number of para-hydroxylation sites is 1. The van der Waals surface area contributed by atoms with Crippen molar-refractivity contribution in [3.63, 3.8) is 0 Å². The lowest BCUT2D eigenvalue weighted by atomic mass is 9.98. The summed E-state index contributed by atoms with van der Waals surface area (Å²) in [7, 11) is 3.66. The van der Waals surface area contributed by atoms with Gasteiger partial charge in [-0.05, 0) is 63.7 Å². The van der Waals surface area contributed by atoms with Gasteiger partial charge in [0.15, 0.2) is 0 Å². The Morgan fingerprint density at radius 2 is 1.74 bits per heavy atom. The van der Waals surface area contributed by atoms with Crippen LogP contribution in [0.2, 0.25) is 0 Å². The fourth-order valence-corrected chi connectivity index (χ4v) is 6.60. The van der Waals surface area contributed by atoms with Gasteiger partial charge in [-0.25, -0.2) is 4.79 Å². The highest BCUT2D eigenvalue weighted by molar-refractivity contribution is 9.08. The van der Waals surface area contributed by atoms with Gasteiger partial charge in [0.25, 0.3) is 0 Å². The number of aromatic nitrogens is 3. The van der Waals surface area contributed by atoms with Crippen LogP contribution in [0.1, 0.15) is 47.2 Å². The minimum Gasteiger partial charge on any atom is -0.493 e. The number of halogens is 2. The summed E-state index contributed by atoms with van der Waals surface area (Å²) in [5, 5.41) is 12.1. The highest BCUT2D eigenvalue weighted by Crippen LogP contribution is 2.39. The van der Waals surface area contributed by atoms with E-state index in [-0.39, 0.29) is 18.4 Å². The van der Waals surface area contributed by atoms with Gasteiger partial charge in [-0.3, -0.25) is 4.68 Å². The van der Waals surface area contributed by atoms with Crippen molar-refractivity contribution in [1.29, 1.82) is 0 Å². The van der Waals surface area contributed by atoms with Gasteiger partial charge in [0.1, 0.15) is 11.4 Å². The molecule has 0 saturated heterocycles. The van der Waals surface area contributed by atoms with Crippen molar-refractivity contribution in [3.05, 3.63) is 83.3 Å². The van der Waals surface area contributed by atoms with Crippen molar-refractivity contribution in [1.82, 2.24) is 19.7 Å². The Bertz CT molecular complexity index is 1760. The third-order valence-electron chi connectivity index (χ3n) is 8.22. The number of aryl methyl sites for hydroxylation is 2. The zero-order valence-electron chi connectivity index (χ0n) is 27.1. The van der Waals surface area contributed by atoms with E-state index in [2.05, 4.69) is 69.1 Å². The number of hydrogen-bond donors (Lipinski definition) is 1. The molecule has 0 bridgehead atoms. The van der Waals surface area contributed by atoms with Crippen LogP contribution in [0.3, 0.4) is 0 Å². The number of methoxy groups -OCH3 is 1. The van der Waals surface area contributed by atoms with Gasteiger partial charge in [0.05, 0.1) is 37.6 Å². The second-order valence-electron chi connectivity index (χ2n) is 11.0. The van der Waals surface area contributed by atoms with Gasteiger partial charge in [-0.15, -0.1) is 12.4 Å². The number of ether oxygens (including phenoxy) is 3. The molecule has 2 heterocycles. The molecule has 0 saturated carbocycles. The SMILES string of the molecule is CCOC(=O)c1c(CCCOc2cccc3ccccc23)c2cccc(-c3c(CBr)nn(CCOC)c3C)c2n1CCCNC.Cl. The van der Waals surface area contributed by atoms with Crippen molar-refractivity contribution in [2.45, 2.75) is 51.5 Å². The van der Waals surface area contributed by atoms with Crippen molar-refractivity contribution in [2.24, 2.45) is 0 Å². The molecule has 5 aromatic rings. The number of carbonyl (C=O) groups excluding carboxylic acids is 1. The molecular formula is C36H44BrClN4O4. The standard InChI is InChI=1S/C36H43BrN4O4.ClH/c1-5-44-36(42)35-29(17-10-22-45-32-18-8-13-26-12-6-7-14-27(26)32)28-15-9-16-30(34(28)40(35)20-11-19-38-3)33-25(2)41(21-23-43-4)39-31(33)24-37;/h6-9,12-16,18,38H,5,10-11,17,19-24H2,1-4H3;1H. The molecule has 0 spiro atoms. The fourth-order valence-electron chi connectivity index (χ4n) is 6.21. The smallest absolute Gasteiger partial charge is 0.355 e. The highest BCUT2D eigenvalue weighted by atomic mass is 79.9. The summed E-state index contributed by atoms with van der Waals surface area (Å²) in [6, 6.07) is 20.8. The number of hydrogen-bond acceptors (Lipinski definition) is 6. The van der Waals surface area contributed by atoms with E-state index in [9.17, 15) is 4.79 Å². The first-order valence-corrected chi connectivity index (χ1v) is 16.8. The Balaban J connectivity index is 0.00000480. The van der Waals surface area contributed by atoms with Gasteiger partial charge >= 0.3 is 5.97 Å². The average Bonchev–Trinajstić information content (AvgIpc) is 3.55. The highest BCUT2D eigenvalue weighted by Gasteiger charge is 2.27. The molecular weight excluding hydrogens is 668 g/mol. The molecule has 1 N–H and O–H groups in total.